The van der Waals surface area contributed by atoms with Gasteiger partial charge in [0.1, 0.15) is 30.5 Å². The third-order valence-corrected chi connectivity index (χ3v) is 6.98. The van der Waals surface area contributed by atoms with E-state index in [0.29, 0.717) is 11.1 Å². The van der Waals surface area contributed by atoms with Crippen LogP contribution >= 0.6 is 0 Å². The molecule has 5 atom stereocenters. The number of benzene rings is 4. The average molecular weight is 553 g/mol. The number of aliphatic hydroxyl groups is 1. The molecule has 0 saturated heterocycles. The van der Waals surface area contributed by atoms with E-state index in [1.165, 1.54) is 0 Å². The Morgan fingerprint density at radius 2 is 0.951 bits per heavy atom. The maximum absolute atomic E-state index is 13.2. The fourth-order valence-electron chi connectivity index (χ4n) is 4.84. The number of aliphatic hydroxyl groups excluding tert-OH is 1. The summed E-state index contributed by atoms with van der Waals surface area (Å²) in [6, 6.07) is 36.3. The van der Waals surface area contributed by atoms with Crippen LogP contribution in [0.2, 0.25) is 0 Å². The summed E-state index contributed by atoms with van der Waals surface area (Å²) in [6.07, 6.45) is -4.89. The topological polar surface area (TPSA) is 91.3 Å². The van der Waals surface area contributed by atoms with E-state index in [0.717, 1.165) is 11.1 Å². The molecule has 0 amide bonds. The summed E-state index contributed by atoms with van der Waals surface area (Å²) in [5, 5.41) is 11.5. The Balaban J connectivity index is 1.43. The normalized spacial score (nSPS) is 22.0. The zero-order valence-electron chi connectivity index (χ0n) is 22.5. The van der Waals surface area contributed by atoms with Crippen LogP contribution in [0, 0.1) is 0 Å². The molecule has 4 aromatic carbocycles. The number of hydrogen-bond donors (Lipinski definition) is 1. The van der Waals surface area contributed by atoms with Crippen LogP contribution in [0.1, 0.15) is 38.3 Å². The van der Waals surface area contributed by atoms with Crippen LogP contribution in [0.25, 0.3) is 0 Å². The van der Waals surface area contributed by atoms with Gasteiger partial charge in [0.15, 0.2) is 0 Å². The van der Waals surface area contributed by atoms with Gasteiger partial charge in [-0.1, -0.05) is 97.1 Å². The molecule has 0 heterocycles. The molecule has 4 aromatic rings. The summed E-state index contributed by atoms with van der Waals surface area (Å²) < 4.78 is 24.3. The summed E-state index contributed by atoms with van der Waals surface area (Å²) >= 11 is 0. The minimum absolute atomic E-state index is 0.0307. The van der Waals surface area contributed by atoms with Gasteiger partial charge in [-0.3, -0.25) is 0 Å². The van der Waals surface area contributed by atoms with Crippen molar-refractivity contribution in [1.82, 2.24) is 0 Å². The minimum Gasteiger partial charge on any atom is -0.456 e. The predicted molar refractivity (Wildman–Crippen MR) is 152 cm³/mol. The van der Waals surface area contributed by atoms with Gasteiger partial charge in [-0.05, 0) is 35.4 Å². The average Bonchev–Trinajstić information content (AvgIpc) is 3.03. The number of esters is 2. The van der Waals surface area contributed by atoms with Crippen LogP contribution in [-0.4, -0.2) is 47.6 Å². The van der Waals surface area contributed by atoms with Gasteiger partial charge in [0.05, 0.1) is 24.3 Å². The van der Waals surface area contributed by atoms with Crippen molar-refractivity contribution < 1.29 is 33.6 Å². The Bertz CT molecular complexity index is 1380. The molecule has 7 nitrogen and oxygen atoms in total. The molecule has 1 aliphatic rings. The van der Waals surface area contributed by atoms with Crippen LogP contribution in [0.3, 0.4) is 0 Å². The van der Waals surface area contributed by atoms with E-state index in [-0.39, 0.29) is 19.6 Å². The van der Waals surface area contributed by atoms with Crippen molar-refractivity contribution in [2.75, 3.05) is 0 Å². The highest BCUT2D eigenvalue weighted by atomic mass is 16.6. The SMILES string of the molecule is O=C(O[C@H]1C[C@@H](OC(=O)c2ccccc2)[C@@H](O)[C@H](OCc2ccccc2)[C@H]1OCc1ccccc1)c1ccccc1. The molecule has 1 saturated carbocycles. The molecule has 5 rings (SSSR count). The van der Waals surface area contributed by atoms with Gasteiger partial charge in [-0.25, -0.2) is 9.59 Å². The van der Waals surface area contributed by atoms with Gasteiger partial charge in [0.2, 0.25) is 0 Å². The maximum atomic E-state index is 13.2. The standard InChI is InChI=1S/C34H32O7/c35-30-28(40-33(36)26-17-9-3-10-18-26)21-29(41-34(37)27-19-11-4-12-20-27)31(38-22-24-13-5-1-6-14-24)32(30)39-23-25-15-7-2-8-16-25/h1-20,28-32,35H,21-23H2/t28-,29+,30-,31+,32+/m1/s1. The van der Waals surface area contributed by atoms with Gasteiger partial charge in [0.25, 0.3) is 0 Å². The van der Waals surface area contributed by atoms with Crippen LogP contribution in [0.5, 0.6) is 0 Å². The monoisotopic (exact) mass is 552 g/mol. The van der Waals surface area contributed by atoms with Crippen LogP contribution in [0.15, 0.2) is 121 Å². The van der Waals surface area contributed by atoms with Crippen molar-refractivity contribution in [3.63, 3.8) is 0 Å². The molecule has 0 radical (unpaired) electrons. The van der Waals surface area contributed by atoms with Crippen molar-refractivity contribution in [1.29, 1.82) is 0 Å². The molecule has 41 heavy (non-hydrogen) atoms. The summed E-state index contributed by atoms with van der Waals surface area (Å²) in [5.74, 6) is -1.14. The lowest BCUT2D eigenvalue weighted by molar-refractivity contribution is -0.216. The van der Waals surface area contributed by atoms with E-state index < -0.39 is 42.5 Å². The van der Waals surface area contributed by atoms with Gasteiger partial charge in [-0.2, -0.15) is 0 Å². The maximum Gasteiger partial charge on any atom is 0.338 e. The van der Waals surface area contributed by atoms with Gasteiger partial charge in [-0.15, -0.1) is 0 Å². The first kappa shape index (κ1) is 28.2. The van der Waals surface area contributed by atoms with Crippen molar-refractivity contribution in [2.45, 2.75) is 50.2 Å². The highest BCUT2D eigenvalue weighted by molar-refractivity contribution is 5.90. The third-order valence-electron chi connectivity index (χ3n) is 6.98. The first-order valence-corrected chi connectivity index (χ1v) is 13.6. The van der Waals surface area contributed by atoms with E-state index >= 15 is 0 Å². The lowest BCUT2D eigenvalue weighted by Crippen LogP contribution is -2.59. The third kappa shape index (κ3) is 7.46. The number of ether oxygens (including phenoxy) is 4. The molecule has 0 aromatic heterocycles. The molecule has 1 aliphatic carbocycles. The molecule has 210 valence electrons. The lowest BCUT2D eigenvalue weighted by Gasteiger charge is -2.43. The molecule has 0 aliphatic heterocycles. The summed E-state index contributed by atoms with van der Waals surface area (Å²) in [7, 11) is 0. The van der Waals surface area contributed by atoms with Crippen LogP contribution < -0.4 is 0 Å². The van der Waals surface area contributed by atoms with E-state index in [1.54, 1.807) is 54.6 Å². The van der Waals surface area contributed by atoms with E-state index in [1.807, 2.05) is 66.7 Å². The second kappa shape index (κ2) is 13.9. The van der Waals surface area contributed by atoms with Gasteiger partial charge in [0, 0.05) is 6.42 Å². The summed E-state index contributed by atoms with van der Waals surface area (Å²) in [6.45, 7) is 0.379. The van der Waals surface area contributed by atoms with Crippen LogP contribution in [-0.2, 0) is 32.2 Å². The van der Waals surface area contributed by atoms with Crippen molar-refractivity contribution >= 4 is 11.9 Å². The Hall–Kier alpha value is -4.30. The Morgan fingerprint density at radius 3 is 1.41 bits per heavy atom. The number of carbonyl (C=O) groups excluding carboxylic acids is 2. The first-order chi connectivity index (χ1) is 20.1. The Morgan fingerprint density at radius 1 is 0.561 bits per heavy atom. The molecule has 0 spiro atoms. The van der Waals surface area contributed by atoms with E-state index in [9.17, 15) is 14.7 Å². The molecular formula is C34H32O7. The van der Waals surface area contributed by atoms with Crippen LogP contribution in [0.4, 0.5) is 0 Å². The molecular weight excluding hydrogens is 520 g/mol. The smallest absolute Gasteiger partial charge is 0.338 e. The van der Waals surface area contributed by atoms with Gasteiger partial charge < -0.3 is 24.1 Å². The highest BCUT2D eigenvalue weighted by Crippen LogP contribution is 2.32. The number of hydrogen-bond acceptors (Lipinski definition) is 7. The Labute approximate surface area is 239 Å². The van der Waals surface area contributed by atoms with E-state index in [2.05, 4.69) is 0 Å². The highest BCUT2D eigenvalue weighted by Gasteiger charge is 2.49. The molecule has 1 N–H and O–H groups in total. The molecule has 7 heteroatoms. The van der Waals surface area contributed by atoms with E-state index in [4.69, 9.17) is 18.9 Å². The van der Waals surface area contributed by atoms with Crippen molar-refractivity contribution in [2.24, 2.45) is 0 Å². The fourth-order valence-corrected chi connectivity index (χ4v) is 4.84. The molecule has 0 bridgehead atoms. The fraction of sp³-hybridized carbons (Fsp3) is 0.235. The zero-order valence-corrected chi connectivity index (χ0v) is 22.5. The van der Waals surface area contributed by atoms with Crippen molar-refractivity contribution in [3.05, 3.63) is 144 Å². The van der Waals surface area contributed by atoms with Gasteiger partial charge >= 0.3 is 11.9 Å². The second-order valence-corrected chi connectivity index (χ2v) is 9.87. The largest absolute Gasteiger partial charge is 0.456 e. The van der Waals surface area contributed by atoms with Crippen molar-refractivity contribution in [3.8, 4) is 0 Å². The number of rotatable bonds is 10. The first-order valence-electron chi connectivity index (χ1n) is 13.6. The predicted octanol–water partition coefficient (Wildman–Crippen LogP) is 5.37. The minimum atomic E-state index is -1.24. The quantitative estimate of drug-likeness (QED) is 0.265. The number of carbonyl (C=O) groups is 2. The molecule has 0 unspecified atom stereocenters. The summed E-state index contributed by atoms with van der Waals surface area (Å²) in [5.41, 5.74) is 2.53. The second-order valence-electron chi connectivity index (χ2n) is 9.87. The summed E-state index contributed by atoms with van der Waals surface area (Å²) in [4.78, 5) is 26.1. The molecule has 1 fully saturated rings. The Kier molecular flexibility index (Phi) is 9.54. The lowest BCUT2D eigenvalue weighted by atomic mass is 9.86. The zero-order chi connectivity index (χ0) is 28.4.